The Morgan fingerprint density at radius 3 is 3.00 bits per heavy atom. The fourth-order valence-electron chi connectivity index (χ4n) is 2.38. The monoisotopic (exact) mass is 267 g/mol. The Bertz CT molecular complexity index is 416. The van der Waals surface area contributed by atoms with Crippen LogP contribution in [0.15, 0.2) is 18.2 Å². The predicted octanol–water partition coefficient (Wildman–Crippen LogP) is 3.16. The van der Waals surface area contributed by atoms with Crippen LogP contribution in [0.5, 0.6) is 0 Å². The Morgan fingerprint density at radius 2 is 2.33 bits per heavy atom. The number of likely N-dealkylation sites (N-methyl/N-ethyl adjacent to an activating group) is 1. The molecule has 1 saturated heterocycles. The van der Waals surface area contributed by atoms with E-state index in [1.165, 1.54) is 6.42 Å². The molecule has 0 aliphatic carbocycles. The number of carbonyl (C=O) groups excluding carboxylic acids is 1. The van der Waals surface area contributed by atoms with Gasteiger partial charge in [-0.2, -0.15) is 0 Å². The second kappa shape index (κ2) is 6.21. The van der Waals surface area contributed by atoms with Gasteiger partial charge >= 0.3 is 0 Å². The summed E-state index contributed by atoms with van der Waals surface area (Å²) < 4.78 is 5.71. The first-order chi connectivity index (χ1) is 8.72. The Morgan fingerprint density at radius 1 is 1.50 bits per heavy atom. The summed E-state index contributed by atoms with van der Waals surface area (Å²) in [5.74, 6) is 0. The lowest BCUT2D eigenvalue weighted by molar-refractivity contribution is 0.0216. The molecule has 1 aliphatic heterocycles. The maximum absolute atomic E-state index is 11.1. The first kappa shape index (κ1) is 13.4. The number of aldehydes is 1. The lowest BCUT2D eigenvalue weighted by Crippen LogP contribution is -2.33. The number of anilines is 1. The topological polar surface area (TPSA) is 29.5 Å². The Labute approximate surface area is 113 Å². The van der Waals surface area contributed by atoms with Crippen molar-refractivity contribution in [2.45, 2.75) is 25.4 Å². The van der Waals surface area contributed by atoms with Gasteiger partial charge in [-0.25, -0.2) is 0 Å². The quantitative estimate of drug-likeness (QED) is 0.785. The molecule has 0 radical (unpaired) electrons. The molecule has 0 saturated carbocycles. The van der Waals surface area contributed by atoms with Crippen LogP contribution in [-0.2, 0) is 4.74 Å². The van der Waals surface area contributed by atoms with E-state index in [0.717, 1.165) is 38.0 Å². The highest BCUT2D eigenvalue weighted by atomic mass is 35.5. The Kier molecular flexibility index (Phi) is 4.61. The maximum Gasteiger partial charge on any atom is 0.152 e. The molecule has 1 aliphatic rings. The average Bonchev–Trinajstić information content (AvgIpc) is 2.39. The lowest BCUT2D eigenvalue weighted by atomic mass is 10.1. The van der Waals surface area contributed by atoms with Crippen molar-refractivity contribution in [3.05, 3.63) is 28.8 Å². The molecule has 18 heavy (non-hydrogen) atoms. The lowest BCUT2D eigenvalue weighted by Gasteiger charge is -2.29. The molecule has 0 N–H and O–H groups in total. The van der Waals surface area contributed by atoms with Crippen LogP contribution in [0.3, 0.4) is 0 Å². The van der Waals surface area contributed by atoms with Crippen LogP contribution in [0.2, 0.25) is 5.02 Å². The molecule has 1 aromatic rings. The van der Waals surface area contributed by atoms with Crippen LogP contribution in [0, 0.1) is 0 Å². The van der Waals surface area contributed by atoms with Crippen molar-refractivity contribution in [3.63, 3.8) is 0 Å². The van der Waals surface area contributed by atoms with Crippen molar-refractivity contribution in [2.75, 3.05) is 25.1 Å². The number of hydrogen-bond acceptors (Lipinski definition) is 3. The van der Waals surface area contributed by atoms with Gasteiger partial charge in [0.1, 0.15) is 0 Å². The van der Waals surface area contributed by atoms with E-state index in [-0.39, 0.29) is 6.10 Å². The second-order valence-electron chi connectivity index (χ2n) is 4.66. The molecule has 1 atom stereocenters. The van der Waals surface area contributed by atoms with E-state index >= 15 is 0 Å². The number of hydrogen-bond donors (Lipinski definition) is 0. The molecule has 4 heteroatoms. The third-order valence-electron chi connectivity index (χ3n) is 3.28. The second-order valence-corrected chi connectivity index (χ2v) is 5.07. The van der Waals surface area contributed by atoms with Crippen LogP contribution >= 0.6 is 11.6 Å². The number of rotatable bonds is 4. The van der Waals surface area contributed by atoms with Gasteiger partial charge in [0.25, 0.3) is 0 Å². The molecule has 2 rings (SSSR count). The van der Waals surface area contributed by atoms with E-state index in [9.17, 15) is 4.79 Å². The molecule has 0 bridgehead atoms. The summed E-state index contributed by atoms with van der Waals surface area (Å²) in [7, 11) is 1.95. The standard InChI is InChI=1S/C14H18ClNO2/c1-16(9-12-6-2-3-8-18-12)14-11(10-17)5-4-7-13(14)15/h4-5,7,10,12H,2-3,6,8-9H2,1H3. The predicted molar refractivity (Wildman–Crippen MR) is 73.7 cm³/mol. The Hall–Kier alpha value is -1.06. The molecule has 3 nitrogen and oxygen atoms in total. The average molecular weight is 268 g/mol. The molecule has 1 heterocycles. The zero-order valence-corrected chi connectivity index (χ0v) is 11.3. The highest BCUT2D eigenvalue weighted by Crippen LogP contribution is 2.29. The largest absolute Gasteiger partial charge is 0.376 e. The summed E-state index contributed by atoms with van der Waals surface area (Å²) in [4.78, 5) is 13.1. The molecule has 1 fully saturated rings. The minimum Gasteiger partial charge on any atom is -0.376 e. The Balaban J connectivity index is 2.12. The number of halogens is 1. The summed E-state index contributed by atoms with van der Waals surface area (Å²) >= 11 is 6.18. The fourth-order valence-corrected chi connectivity index (χ4v) is 2.70. The van der Waals surface area contributed by atoms with Gasteiger partial charge in [-0.05, 0) is 31.4 Å². The first-order valence-electron chi connectivity index (χ1n) is 6.29. The number of benzene rings is 1. The van der Waals surface area contributed by atoms with Crippen molar-refractivity contribution in [1.29, 1.82) is 0 Å². The van der Waals surface area contributed by atoms with Gasteiger partial charge in [0, 0.05) is 25.8 Å². The summed E-state index contributed by atoms with van der Waals surface area (Å²) in [6.45, 7) is 1.60. The van der Waals surface area contributed by atoms with Gasteiger partial charge in [0.15, 0.2) is 6.29 Å². The van der Waals surface area contributed by atoms with Gasteiger partial charge in [-0.1, -0.05) is 17.7 Å². The van der Waals surface area contributed by atoms with Crippen molar-refractivity contribution in [2.24, 2.45) is 0 Å². The van der Waals surface area contributed by atoms with Crippen LogP contribution in [0.4, 0.5) is 5.69 Å². The molecular weight excluding hydrogens is 250 g/mol. The highest BCUT2D eigenvalue weighted by Gasteiger charge is 2.18. The van der Waals surface area contributed by atoms with Crippen LogP contribution in [0.25, 0.3) is 0 Å². The van der Waals surface area contributed by atoms with Gasteiger partial charge in [0.2, 0.25) is 0 Å². The number of para-hydroxylation sites is 1. The molecular formula is C14H18ClNO2. The summed E-state index contributed by atoms with van der Waals surface area (Å²) in [6, 6.07) is 5.38. The van der Waals surface area contributed by atoms with Crippen LogP contribution in [-0.4, -0.2) is 32.6 Å². The SMILES string of the molecule is CN(CC1CCCCO1)c1c(Cl)cccc1C=O. The van der Waals surface area contributed by atoms with Crippen LogP contribution in [0.1, 0.15) is 29.6 Å². The molecule has 1 unspecified atom stereocenters. The van der Waals surface area contributed by atoms with Gasteiger partial charge in [-0.15, -0.1) is 0 Å². The van der Waals surface area contributed by atoms with E-state index < -0.39 is 0 Å². The molecule has 1 aromatic carbocycles. The third-order valence-corrected chi connectivity index (χ3v) is 3.58. The van der Waals surface area contributed by atoms with E-state index in [1.807, 2.05) is 18.0 Å². The molecule has 0 spiro atoms. The minimum atomic E-state index is 0.236. The van der Waals surface area contributed by atoms with E-state index in [2.05, 4.69) is 0 Å². The van der Waals surface area contributed by atoms with Gasteiger partial charge < -0.3 is 9.64 Å². The highest BCUT2D eigenvalue weighted by molar-refractivity contribution is 6.33. The third kappa shape index (κ3) is 3.03. The normalized spacial score (nSPS) is 19.6. The smallest absolute Gasteiger partial charge is 0.152 e. The number of nitrogens with zero attached hydrogens (tertiary/aromatic N) is 1. The first-order valence-corrected chi connectivity index (χ1v) is 6.66. The molecule has 0 amide bonds. The minimum absolute atomic E-state index is 0.236. The van der Waals surface area contributed by atoms with Gasteiger partial charge in [0.05, 0.1) is 16.8 Å². The molecule has 98 valence electrons. The van der Waals surface area contributed by atoms with Crippen molar-refractivity contribution in [1.82, 2.24) is 0 Å². The zero-order chi connectivity index (χ0) is 13.0. The number of carbonyl (C=O) groups is 1. The summed E-state index contributed by atoms with van der Waals surface area (Å²) in [6.07, 6.45) is 4.51. The molecule has 0 aromatic heterocycles. The zero-order valence-electron chi connectivity index (χ0n) is 10.6. The van der Waals surface area contributed by atoms with E-state index in [4.69, 9.17) is 16.3 Å². The van der Waals surface area contributed by atoms with Crippen molar-refractivity contribution in [3.8, 4) is 0 Å². The number of ether oxygens (including phenoxy) is 1. The van der Waals surface area contributed by atoms with Crippen molar-refractivity contribution >= 4 is 23.6 Å². The van der Waals surface area contributed by atoms with Crippen LogP contribution < -0.4 is 4.90 Å². The summed E-state index contributed by atoms with van der Waals surface area (Å²) in [5, 5.41) is 0.609. The fraction of sp³-hybridized carbons (Fsp3) is 0.500. The van der Waals surface area contributed by atoms with Crippen molar-refractivity contribution < 1.29 is 9.53 Å². The van der Waals surface area contributed by atoms with Gasteiger partial charge in [-0.3, -0.25) is 4.79 Å². The van der Waals surface area contributed by atoms with E-state index in [1.54, 1.807) is 12.1 Å². The van der Waals surface area contributed by atoms with E-state index in [0.29, 0.717) is 10.6 Å². The maximum atomic E-state index is 11.1. The summed E-state index contributed by atoms with van der Waals surface area (Å²) in [5.41, 5.74) is 1.42.